The molecule has 19 heavy (non-hydrogen) atoms. The lowest BCUT2D eigenvalue weighted by Crippen LogP contribution is -1.98. The molecule has 100 valence electrons. The number of halogens is 1. The number of carboxylic acids is 1. The van der Waals surface area contributed by atoms with E-state index in [0.717, 1.165) is 6.08 Å². The number of hydrogen-bond donors (Lipinski definition) is 1. The van der Waals surface area contributed by atoms with Gasteiger partial charge in [-0.05, 0) is 46.6 Å². The third-order valence-electron chi connectivity index (χ3n) is 2.14. The van der Waals surface area contributed by atoms with Crippen LogP contribution in [0.4, 0.5) is 0 Å². The molecule has 0 atom stereocenters. The van der Waals surface area contributed by atoms with E-state index in [9.17, 15) is 4.79 Å². The minimum Gasteiger partial charge on any atom is -0.493 e. The molecular formula is C14H13BrO4. The van der Waals surface area contributed by atoms with E-state index >= 15 is 0 Å². The molecule has 5 heteroatoms. The maximum Gasteiger partial charge on any atom is 0.328 e. The molecule has 0 bridgehead atoms. The van der Waals surface area contributed by atoms with E-state index in [2.05, 4.69) is 27.8 Å². The van der Waals surface area contributed by atoms with E-state index in [-0.39, 0.29) is 6.61 Å². The van der Waals surface area contributed by atoms with Crippen LogP contribution in [0.3, 0.4) is 0 Å². The van der Waals surface area contributed by atoms with Crippen molar-refractivity contribution in [2.24, 2.45) is 0 Å². The van der Waals surface area contributed by atoms with Crippen LogP contribution in [0, 0.1) is 11.8 Å². The van der Waals surface area contributed by atoms with Crippen LogP contribution < -0.4 is 9.47 Å². The van der Waals surface area contributed by atoms with Crippen molar-refractivity contribution in [3.63, 3.8) is 0 Å². The fourth-order valence-electron chi connectivity index (χ4n) is 1.32. The average Bonchev–Trinajstić information content (AvgIpc) is 2.38. The number of hydrogen-bond acceptors (Lipinski definition) is 3. The molecule has 0 spiro atoms. The average molecular weight is 325 g/mol. The van der Waals surface area contributed by atoms with Gasteiger partial charge in [-0.3, -0.25) is 0 Å². The van der Waals surface area contributed by atoms with Crippen molar-refractivity contribution in [1.29, 1.82) is 0 Å². The second-order valence-electron chi connectivity index (χ2n) is 3.42. The van der Waals surface area contributed by atoms with Gasteiger partial charge in [-0.15, -0.1) is 5.92 Å². The van der Waals surface area contributed by atoms with Crippen molar-refractivity contribution in [3.8, 4) is 23.3 Å². The summed E-state index contributed by atoms with van der Waals surface area (Å²) in [7, 11) is 1.52. The van der Waals surface area contributed by atoms with Gasteiger partial charge in [0.2, 0.25) is 0 Å². The van der Waals surface area contributed by atoms with Crippen LogP contribution in [0.5, 0.6) is 11.5 Å². The first-order valence-electron chi connectivity index (χ1n) is 5.39. The van der Waals surface area contributed by atoms with Crippen molar-refractivity contribution < 1.29 is 19.4 Å². The molecule has 0 aliphatic rings. The minimum atomic E-state index is -1.01. The van der Waals surface area contributed by atoms with Gasteiger partial charge < -0.3 is 14.6 Å². The zero-order valence-electron chi connectivity index (χ0n) is 10.6. The van der Waals surface area contributed by atoms with Gasteiger partial charge in [0, 0.05) is 6.08 Å². The highest BCUT2D eigenvalue weighted by molar-refractivity contribution is 9.10. The monoisotopic (exact) mass is 324 g/mol. The number of rotatable bonds is 5. The largest absolute Gasteiger partial charge is 0.493 e. The number of ether oxygens (including phenoxy) is 2. The molecule has 0 aliphatic heterocycles. The fourth-order valence-corrected chi connectivity index (χ4v) is 1.90. The third kappa shape index (κ3) is 4.68. The number of methoxy groups -OCH3 is 1. The first kappa shape index (κ1) is 15.1. The van der Waals surface area contributed by atoms with E-state index in [1.807, 2.05) is 0 Å². The highest BCUT2D eigenvalue weighted by atomic mass is 79.9. The van der Waals surface area contributed by atoms with Gasteiger partial charge in [0.1, 0.15) is 6.61 Å². The SMILES string of the molecule is CC#CCOc1c(Br)cc(C=CC(=O)O)cc1OC. The number of carboxylic acid groups (broad SMARTS) is 1. The first-order chi connectivity index (χ1) is 9.08. The molecule has 0 amide bonds. The molecule has 0 saturated heterocycles. The van der Waals surface area contributed by atoms with Crippen molar-refractivity contribution >= 4 is 28.0 Å². The van der Waals surface area contributed by atoms with Crippen LogP contribution in [0.1, 0.15) is 12.5 Å². The summed E-state index contributed by atoms with van der Waals surface area (Å²) in [6.07, 6.45) is 2.54. The molecule has 0 saturated carbocycles. The van der Waals surface area contributed by atoms with Crippen molar-refractivity contribution in [2.45, 2.75) is 6.92 Å². The smallest absolute Gasteiger partial charge is 0.328 e. The molecule has 1 N–H and O–H groups in total. The molecule has 1 aromatic carbocycles. The van der Waals surface area contributed by atoms with E-state index in [1.165, 1.54) is 13.2 Å². The molecule has 0 aliphatic carbocycles. The zero-order chi connectivity index (χ0) is 14.3. The highest BCUT2D eigenvalue weighted by Crippen LogP contribution is 2.36. The van der Waals surface area contributed by atoms with Crippen molar-refractivity contribution in [1.82, 2.24) is 0 Å². The van der Waals surface area contributed by atoms with Crippen LogP contribution in [0.2, 0.25) is 0 Å². The number of benzene rings is 1. The van der Waals surface area contributed by atoms with E-state index in [0.29, 0.717) is 21.5 Å². The molecule has 1 aromatic rings. The Balaban J connectivity index is 3.05. The summed E-state index contributed by atoms with van der Waals surface area (Å²) in [5.74, 6) is 5.57. The van der Waals surface area contributed by atoms with Gasteiger partial charge in [0.05, 0.1) is 11.6 Å². The van der Waals surface area contributed by atoms with Gasteiger partial charge in [0.15, 0.2) is 11.5 Å². The lowest BCUT2D eigenvalue weighted by molar-refractivity contribution is -0.131. The molecule has 0 fully saturated rings. The fraction of sp³-hybridized carbons (Fsp3) is 0.214. The summed E-state index contributed by atoms with van der Waals surface area (Å²) >= 11 is 3.36. The Hall–Kier alpha value is -1.93. The number of carbonyl (C=O) groups is 1. The van der Waals surface area contributed by atoms with E-state index in [1.54, 1.807) is 19.1 Å². The highest BCUT2D eigenvalue weighted by Gasteiger charge is 2.10. The lowest BCUT2D eigenvalue weighted by atomic mass is 10.2. The second-order valence-corrected chi connectivity index (χ2v) is 4.28. The Morgan fingerprint density at radius 1 is 1.53 bits per heavy atom. The summed E-state index contributed by atoms with van der Waals surface area (Å²) in [6.45, 7) is 1.99. The predicted molar refractivity (Wildman–Crippen MR) is 76.3 cm³/mol. The van der Waals surface area contributed by atoms with Crippen LogP contribution in [-0.4, -0.2) is 24.8 Å². The third-order valence-corrected chi connectivity index (χ3v) is 2.72. The quantitative estimate of drug-likeness (QED) is 0.668. The Bertz CT molecular complexity index is 553. The Labute approximate surface area is 120 Å². The number of aliphatic carboxylic acids is 1. The van der Waals surface area contributed by atoms with Gasteiger partial charge >= 0.3 is 5.97 Å². The van der Waals surface area contributed by atoms with Gasteiger partial charge in [-0.2, -0.15) is 0 Å². The molecule has 0 aromatic heterocycles. The van der Waals surface area contributed by atoms with Crippen molar-refractivity contribution in [3.05, 3.63) is 28.2 Å². The van der Waals surface area contributed by atoms with E-state index < -0.39 is 5.97 Å². The Kier molecular flexibility index (Phi) is 5.97. The summed E-state index contributed by atoms with van der Waals surface area (Å²) in [5, 5.41) is 8.60. The predicted octanol–water partition coefficient (Wildman–Crippen LogP) is 2.96. The minimum absolute atomic E-state index is 0.260. The van der Waals surface area contributed by atoms with E-state index in [4.69, 9.17) is 14.6 Å². The Morgan fingerprint density at radius 2 is 2.26 bits per heavy atom. The van der Waals surface area contributed by atoms with Crippen LogP contribution >= 0.6 is 15.9 Å². The molecule has 4 nitrogen and oxygen atoms in total. The molecule has 0 heterocycles. The standard InChI is InChI=1S/C14H13BrO4/c1-3-4-7-19-14-11(15)8-10(5-6-13(16)17)9-12(14)18-2/h5-6,8-9H,7H2,1-2H3,(H,16,17). The van der Waals surface area contributed by atoms with Gasteiger partial charge in [-0.25, -0.2) is 4.79 Å². The van der Waals surface area contributed by atoms with Gasteiger partial charge in [-0.1, -0.05) is 5.92 Å². The summed E-state index contributed by atoms with van der Waals surface area (Å²) in [5.41, 5.74) is 0.694. The second kappa shape index (κ2) is 7.49. The maximum absolute atomic E-state index is 10.5. The molecule has 1 rings (SSSR count). The zero-order valence-corrected chi connectivity index (χ0v) is 12.2. The maximum atomic E-state index is 10.5. The molecule has 0 unspecified atom stereocenters. The first-order valence-corrected chi connectivity index (χ1v) is 6.18. The van der Waals surface area contributed by atoms with Crippen molar-refractivity contribution in [2.75, 3.05) is 13.7 Å². The Morgan fingerprint density at radius 3 is 2.84 bits per heavy atom. The van der Waals surface area contributed by atoms with Crippen LogP contribution in [-0.2, 0) is 4.79 Å². The van der Waals surface area contributed by atoms with Crippen LogP contribution in [0.25, 0.3) is 6.08 Å². The molecular weight excluding hydrogens is 312 g/mol. The van der Waals surface area contributed by atoms with Gasteiger partial charge in [0.25, 0.3) is 0 Å². The normalized spacial score (nSPS) is 9.84. The topological polar surface area (TPSA) is 55.8 Å². The summed E-state index contributed by atoms with van der Waals surface area (Å²) in [4.78, 5) is 10.5. The lowest BCUT2D eigenvalue weighted by Gasteiger charge is -2.11. The van der Waals surface area contributed by atoms with Crippen LogP contribution in [0.15, 0.2) is 22.7 Å². The summed E-state index contributed by atoms with van der Waals surface area (Å²) in [6, 6.07) is 3.44. The summed E-state index contributed by atoms with van der Waals surface area (Å²) < 4.78 is 11.4. The molecule has 0 radical (unpaired) electrons.